The van der Waals surface area contributed by atoms with Crippen LogP contribution in [0.5, 0.6) is 0 Å². The summed E-state index contributed by atoms with van der Waals surface area (Å²) in [7, 11) is 0. The van der Waals surface area contributed by atoms with Gasteiger partial charge in [0.05, 0.1) is 0 Å². The fourth-order valence-corrected chi connectivity index (χ4v) is 2.25. The molecule has 0 bridgehead atoms. The van der Waals surface area contributed by atoms with Crippen molar-refractivity contribution >= 4 is 5.84 Å². The molecule has 0 atom stereocenters. The van der Waals surface area contributed by atoms with Gasteiger partial charge in [-0.15, -0.1) is 0 Å². The number of hydrogen-bond donors (Lipinski definition) is 3. The van der Waals surface area contributed by atoms with Crippen LogP contribution in [0.25, 0.3) is 0 Å². The largest absolute Gasteiger partial charge is 0.409 e. The number of nitrogens with two attached hydrogens (primary N) is 1. The second kappa shape index (κ2) is 4.98. The lowest BCUT2D eigenvalue weighted by molar-refractivity contribution is 0.318. The molecule has 1 aliphatic rings. The summed E-state index contributed by atoms with van der Waals surface area (Å²) in [6.07, 6.45) is 2.61. The zero-order chi connectivity index (χ0) is 13.2. The molecule has 4 heteroatoms. The average molecular weight is 247 g/mol. The summed E-state index contributed by atoms with van der Waals surface area (Å²) in [5.41, 5.74) is 7.68. The minimum Gasteiger partial charge on any atom is -0.409 e. The second-order valence-corrected chi connectivity index (χ2v) is 5.49. The zero-order valence-electron chi connectivity index (χ0n) is 11.0. The first-order chi connectivity index (χ1) is 8.54. The third kappa shape index (κ3) is 2.82. The van der Waals surface area contributed by atoms with Crippen LogP contribution >= 0.6 is 0 Å². The molecule has 0 saturated heterocycles. The molecule has 0 heterocycles. The van der Waals surface area contributed by atoms with Gasteiger partial charge in [-0.1, -0.05) is 29.4 Å². The first-order valence-electron chi connectivity index (χ1n) is 6.35. The van der Waals surface area contributed by atoms with Crippen LogP contribution in [0, 0.1) is 5.92 Å². The Hall–Kier alpha value is -1.55. The van der Waals surface area contributed by atoms with Crippen molar-refractivity contribution in [2.24, 2.45) is 16.8 Å². The van der Waals surface area contributed by atoms with Crippen LogP contribution in [0.15, 0.2) is 29.4 Å². The van der Waals surface area contributed by atoms with Crippen molar-refractivity contribution in [3.05, 3.63) is 35.4 Å². The first-order valence-corrected chi connectivity index (χ1v) is 6.35. The molecule has 2 rings (SSSR count). The van der Waals surface area contributed by atoms with Gasteiger partial charge in [-0.3, -0.25) is 0 Å². The zero-order valence-corrected chi connectivity index (χ0v) is 11.0. The molecule has 4 nitrogen and oxygen atoms in total. The van der Waals surface area contributed by atoms with Gasteiger partial charge in [-0.25, -0.2) is 0 Å². The number of hydrogen-bond acceptors (Lipinski definition) is 3. The first kappa shape index (κ1) is 12.9. The molecule has 1 aromatic rings. The Kier molecular flexibility index (Phi) is 3.57. The van der Waals surface area contributed by atoms with Crippen LogP contribution in [-0.4, -0.2) is 16.6 Å². The lowest BCUT2D eigenvalue weighted by atomic mass is 9.97. The highest BCUT2D eigenvalue weighted by Gasteiger charge is 2.37. The number of rotatable bonds is 5. The van der Waals surface area contributed by atoms with Crippen molar-refractivity contribution in [1.29, 1.82) is 0 Å². The van der Waals surface area contributed by atoms with Crippen LogP contribution in [0.1, 0.15) is 37.8 Å². The summed E-state index contributed by atoms with van der Waals surface area (Å²) in [6.45, 7) is 5.20. The number of amidine groups is 1. The van der Waals surface area contributed by atoms with E-state index in [0.717, 1.165) is 23.6 Å². The maximum atomic E-state index is 8.78. The Morgan fingerprint density at radius 3 is 2.72 bits per heavy atom. The van der Waals surface area contributed by atoms with Crippen molar-refractivity contribution < 1.29 is 5.21 Å². The number of nitrogens with zero attached hydrogens (tertiary/aromatic N) is 1. The predicted molar refractivity (Wildman–Crippen MR) is 72.6 cm³/mol. The quantitative estimate of drug-likeness (QED) is 0.323. The van der Waals surface area contributed by atoms with E-state index in [1.807, 2.05) is 24.3 Å². The molecule has 0 radical (unpaired) electrons. The Labute approximate surface area is 108 Å². The van der Waals surface area contributed by atoms with Crippen molar-refractivity contribution in [2.45, 2.75) is 38.8 Å². The van der Waals surface area contributed by atoms with E-state index in [1.165, 1.54) is 12.8 Å². The van der Waals surface area contributed by atoms with Crippen molar-refractivity contribution in [3.63, 3.8) is 0 Å². The third-order valence-electron chi connectivity index (χ3n) is 3.73. The molecule has 0 aliphatic heterocycles. The highest BCUT2D eigenvalue weighted by molar-refractivity contribution is 5.98. The topological polar surface area (TPSA) is 70.6 Å². The highest BCUT2D eigenvalue weighted by atomic mass is 16.4. The van der Waals surface area contributed by atoms with Gasteiger partial charge in [-0.05, 0) is 38.2 Å². The van der Waals surface area contributed by atoms with Crippen LogP contribution < -0.4 is 11.1 Å². The Balaban J connectivity index is 2.09. The number of oxime groups is 1. The second-order valence-electron chi connectivity index (χ2n) is 5.49. The summed E-state index contributed by atoms with van der Waals surface area (Å²) in [6, 6.07) is 7.73. The Bertz CT molecular complexity index is 450. The Morgan fingerprint density at radius 2 is 2.11 bits per heavy atom. The van der Waals surface area contributed by atoms with Gasteiger partial charge >= 0.3 is 0 Å². The smallest absolute Gasteiger partial charge is 0.170 e. The third-order valence-corrected chi connectivity index (χ3v) is 3.73. The molecule has 4 N–H and O–H groups in total. The minimum absolute atomic E-state index is 0.151. The van der Waals surface area contributed by atoms with E-state index >= 15 is 0 Å². The summed E-state index contributed by atoms with van der Waals surface area (Å²) >= 11 is 0. The fourth-order valence-electron chi connectivity index (χ4n) is 2.25. The van der Waals surface area contributed by atoms with E-state index in [-0.39, 0.29) is 11.4 Å². The van der Waals surface area contributed by atoms with Gasteiger partial charge in [-0.2, -0.15) is 0 Å². The molecule has 1 aromatic carbocycles. The standard InChI is InChI=1S/C14H21N3O/c1-14(2,11-7-8-11)16-9-10-5-3-4-6-12(10)13(15)17-18/h3-6,11,16,18H,7-9H2,1-2H3,(H2,15,17). The highest BCUT2D eigenvalue weighted by Crippen LogP contribution is 2.39. The molecular formula is C14H21N3O. The maximum absolute atomic E-state index is 8.78. The fraction of sp³-hybridized carbons (Fsp3) is 0.500. The van der Waals surface area contributed by atoms with Crippen molar-refractivity contribution in [3.8, 4) is 0 Å². The molecule has 1 fully saturated rings. The molecule has 1 aliphatic carbocycles. The summed E-state index contributed by atoms with van der Waals surface area (Å²) in [5.74, 6) is 0.935. The van der Waals surface area contributed by atoms with Gasteiger partial charge in [0.15, 0.2) is 5.84 Å². The van der Waals surface area contributed by atoms with Gasteiger partial charge in [0.1, 0.15) is 0 Å². The lowest BCUT2D eigenvalue weighted by Gasteiger charge is -2.26. The predicted octanol–water partition coefficient (Wildman–Crippen LogP) is 2.06. The van der Waals surface area contributed by atoms with E-state index in [1.54, 1.807) is 0 Å². The summed E-state index contributed by atoms with van der Waals surface area (Å²) < 4.78 is 0. The van der Waals surface area contributed by atoms with Crippen LogP contribution in [0.3, 0.4) is 0 Å². The van der Waals surface area contributed by atoms with Crippen molar-refractivity contribution in [1.82, 2.24) is 5.32 Å². The number of benzene rings is 1. The summed E-state index contributed by atoms with van der Waals surface area (Å²) in [4.78, 5) is 0. The van der Waals surface area contributed by atoms with E-state index in [2.05, 4.69) is 24.3 Å². The molecule has 1 saturated carbocycles. The molecular weight excluding hydrogens is 226 g/mol. The molecule has 18 heavy (non-hydrogen) atoms. The molecule has 0 unspecified atom stereocenters. The van der Waals surface area contributed by atoms with Gasteiger partial charge in [0.2, 0.25) is 0 Å². The average Bonchev–Trinajstić information content (AvgIpc) is 3.20. The van der Waals surface area contributed by atoms with Gasteiger partial charge in [0.25, 0.3) is 0 Å². The van der Waals surface area contributed by atoms with E-state index < -0.39 is 0 Å². The SMILES string of the molecule is CC(C)(NCc1ccccc1/C(N)=N/O)C1CC1. The molecule has 98 valence electrons. The number of nitrogens with one attached hydrogen (secondary N) is 1. The van der Waals surface area contributed by atoms with E-state index in [0.29, 0.717) is 0 Å². The summed E-state index contributed by atoms with van der Waals surface area (Å²) in [5, 5.41) is 15.4. The van der Waals surface area contributed by atoms with Gasteiger partial charge < -0.3 is 16.3 Å². The molecule has 0 aromatic heterocycles. The Morgan fingerprint density at radius 1 is 1.44 bits per heavy atom. The minimum atomic E-state index is 0.151. The lowest BCUT2D eigenvalue weighted by Crippen LogP contribution is -2.41. The monoisotopic (exact) mass is 247 g/mol. The van der Waals surface area contributed by atoms with Gasteiger partial charge in [0, 0.05) is 17.6 Å². The maximum Gasteiger partial charge on any atom is 0.170 e. The van der Waals surface area contributed by atoms with E-state index in [9.17, 15) is 0 Å². The van der Waals surface area contributed by atoms with Crippen LogP contribution in [0.4, 0.5) is 0 Å². The van der Waals surface area contributed by atoms with Crippen molar-refractivity contribution in [2.75, 3.05) is 0 Å². The van der Waals surface area contributed by atoms with Crippen LogP contribution in [-0.2, 0) is 6.54 Å². The normalized spacial score (nSPS) is 16.9. The van der Waals surface area contributed by atoms with E-state index in [4.69, 9.17) is 10.9 Å². The molecule has 0 spiro atoms. The van der Waals surface area contributed by atoms with Crippen LogP contribution in [0.2, 0.25) is 0 Å². The molecule has 0 amide bonds.